The second-order valence-corrected chi connectivity index (χ2v) is 7.47. The number of carbonyl (C=O) groups excluding carboxylic acids is 1. The van der Waals surface area contributed by atoms with Gasteiger partial charge in [0.2, 0.25) is 5.91 Å². The molecule has 1 N–H and O–H groups in total. The molecule has 0 aromatic rings. The van der Waals surface area contributed by atoms with E-state index in [1.54, 1.807) is 27.0 Å². The maximum Gasteiger partial charge on any atom is 0.475 e. The summed E-state index contributed by atoms with van der Waals surface area (Å²) in [5.41, 5.74) is 0.621. The van der Waals surface area contributed by atoms with E-state index in [1.165, 1.54) is 0 Å². The van der Waals surface area contributed by atoms with Crippen LogP contribution in [0.15, 0.2) is 11.8 Å². The van der Waals surface area contributed by atoms with E-state index in [0.29, 0.717) is 18.7 Å². The monoisotopic (exact) mass is 332 g/mol. The minimum Gasteiger partial charge on any atom is -0.350 e. The molecule has 0 aromatic heterocycles. The van der Waals surface area contributed by atoms with E-state index in [9.17, 15) is 9.36 Å². The average molecular weight is 332 g/mol. The molecule has 22 heavy (non-hydrogen) atoms. The third kappa shape index (κ3) is 3.21. The summed E-state index contributed by atoms with van der Waals surface area (Å²) in [6.07, 6.45) is 1.19. The highest BCUT2D eigenvalue weighted by Crippen LogP contribution is 2.56. The van der Waals surface area contributed by atoms with Gasteiger partial charge in [-0.3, -0.25) is 18.4 Å². The number of hydrogen-bond donors (Lipinski definition) is 1. The first-order valence-electron chi connectivity index (χ1n) is 7.35. The largest absolute Gasteiger partial charge is 0.475 e. The summed E-state index contributed by atoms with van der Waals surface area (Å²) < 4.78 is 34.3. The first-order chi connectivity index (χ1) is 10.4. The van der Waals surface area contributed by atoms with Gasteiger partial charge in [-0.25, -0.2) is 4.57 Å². The number of hydrogen-bond acceptors (Lipinski definition) is 7. The van der Waals surface area contributed by atoms with Crippen molar-refractivity contribution in [3.05, 3.63) is 11.8 Å². The van der Waals surface area contributed by atoms with E-state index in [2.05, 4.69) is 5.32 Å². The zero-order valence-corrected chi connectivity index (χ0v) is 13.7. The lowest BCUT2D eigenvalue weighted by molar-refractivity contribution is -0.121. The fourth-order valence-electron chi connectivity index (χ4n) is 2.68. The summed E-state index contributed by atoms with van der Waals surface area (Å²) in [5.74, 6) is -0.0823. The first kappa shape index (κ1) is 16.0. The van der Waals surface area contributed by atoms with Crippen LogP contribution in [0.1, 0.15) is 27.2 Å². The maximum atomic E-state index is 12.4. The van der Waals surface area contributed by atoms with Crippen LogP contribution in [0.2, 0.25) is 0 Å². The Labute approximate surface area is 129 Å². The van der Waals surface area contributed by atoms with Gasteiger partial charge >= 0.3 is 7.82 Å². The van der Waals surface area contributed by atoms with Crippen molar-refractivity contribution >= 4 is 13.7 Å². The molecule has 4 atom stereocenters. The van der Waals surface area contributed by atoms with E-state index in [4.69, 9.17) is 18.3 Å². The smallest absolute Gasteiger partial charge is 0.350 e. The Hall–Kier alpha value is -0.920. The number of fused-ring (bicyclic) bond motifs is 1. The molecule has 0 saturated carbocycles. The summed E-state index contributed by atoms with van der Waals surface area (Å²) in [7, 11) is -3.51. The number of phosphoric acid groups is 1. The molecule has 9 heteroatoms. The van der Waals surface area contributed by atoms with Crippen molar-refractivity contribution < 1.29 is 27.7 Å². The Morgan fingerprint density at radius 2 is 2.23 bits per heavy atom. The van der Waals surface area contributed by atoms with Crippen LogP contribution in [0.25, 0.3) is 0 Å². The lowest BCUT2D eigenvalue weighted by Gasteiger charge is -2.31. The van der Waals surface area contributed by atoms with Gasteiger partial charge in [0.15, 0.2) is 0 Å². The van der Waals surface area contributed by atoms with Crippen LogP contribution in [0, 0.1) is 0 Å². The topological polar surface area (TPSA) is 86.3 Å². The van der Waals surface area contributed by atoms with E-state index in [0.717, 1.165) is 0 Å². The minimum atomic E-state index is -3.51. The molecule has 2 fully saturated rings. The molecule has 3 aliphatic rings. The van der Waals surface area contributed by atoms with Gasteiger partial charge < -0.3 is 15.0 Å². The maximum absolute atomic E-state index is 12.4. The van der Waals surface area contributed by atoms with Gasteiger partial charge in [0.1, 0.15) is 18.4 Å². The Bertz CT molecular complexity index is 537. The summed E-state index contributed by atoms with van der Waals surface area (Å²) in [6.45, 7) is 5.84. The van der Waals surface area contributed by atoms with Crippen molar-refractivity contribution in [1.82, 2.24) is 10.2 Å². The van der Waals surface area contributed by atoms with Gasteiger partial charge in [0, 0.05) is 18.2 Å². The summed E-state index contributed by atoms with van der Waals surface area (Å²) in [5, 5.41) is 2.77. The molecular weight excluding hydrogens is 311 g/mol. The van der Waals surface area contributed by atoms with Crippen LogP contribution in [-0.4, -0.2) is 48.6 Å². The SMILES string of the molecule is CC1=CN([C@H]2C[C@@H]3OP(=O)(OC(C)C)OCC3O2)CNC1=O. The van der Waals surface area contributed by atoms with E-state index in [-0.39, 0.29) is 37.1 Å². The van der Waals surface area contributed by atoms with Gasteiger partial charge in [-0.2, -0.15) is 0 Å². The molecule has 0 aliphatic carbocycles. The molecule has 2 unspecified atom stereocenters. The predicted molar refractivity (Wildman–Crippen MR) is 76.5 cm³/mol. The molecule has 124 valence electrons. The van der Waals surface area contributed by atoms with Crippen LogP contribution in [0.4, 0.5) is 0 Å². The lowest BCUT2D eigenvalue weighted by atomic mass is 10.2. The van der Waals surface area contributed by atoms with Crippen molar-refractivity contribution in [1.29, 1.82) is 0 Å². The quantitative estimate of drug-likeness (QED) is 0.781. The van der Waals surface area contributed by atoms with Crippen molar-refractivity contribution in [3.63, 3.8) is 0 Å². The average Bonchev–Trinajstić information content (AvgIpc) is 2.83. The second-order valence-electron chi connectivity index (χ2n) is 5.90. The van der Waals surface area contributed by atoms with Crippen molar-refractivity contribution in [2.45, 2.75) is 51.7 Å². The summed E-state index contributed by atoms with van der Waals surface area (Å²) >= 11 is 0. The molecule has 0 bridgehead atoms. The molecule has 1 amide bonds. The highest BCUT2D eigenvalue weighted by molar-refractivity contribution is 7.48. The van der Waals surface area contributed by atoms with Crippen LogP contribution in [-0.2, 0) is 27.7 Å². The molecule has 8 nitrogen and oxygen atoms in total. The molecule has 0 radical (unpaired) electrons. The van der Waals surface area contributed by atoms with Gasteiger partial charge in [-0.15, -0.1) is 0 Å². The number of phosphoric ester groups is 1. The number of ether oxygens (including phenoxy) is 1. The van der Waals surface area contributed by atoms with Gasteiger partial charge in [-0.1, -0.05) is 0 Å². The van der Waals surface area contributed by atoms with E-state index in [1.807, 2.05) is 4.90 Å². The fraction of sp³-hybridized carbons (Fsp3) is 0.769. The number of nitrogens with one attached hydrogen (secondary N) is 1. The summed E-state index contributed by atoms with van der Waals surface area (Å²) in [4.78, 5) is 13.3. The fourth-order valence-corrected chi connectivity index (χ4v) is 4.25. The Kier molecular flexibility index (Phi) is 4.31. The van der Waals surface area contributed by atoms with Gasteiger partial charge in [-0.05, 0) is 20.8 Å². The zero-order chi connectivity index (χ0) is 15.9. The van der Waals surface area contributed by atoms with Crippen molar-refractivity contribution in [3.8, 4) is 0 Å². The predicted octanol–water partition coefficient (Wildman–Crippen LogP) is 1.34. The number of amides is 1. The molecule has 3 heterocycles. The lowest BCUT2D eigenvalue weighted by Crippen LogP contribution is -2.45. The molecule has 3 aliphatic heterocycles. The summed E-state index contributed by atoms with van der Waals surface area (Å²) in [6, 6.07) is 0. The van der Waals surface area contributed by atoms with Crippen LogP contribution < -0.4 is 5.32 Å². The Balaban J connectivity index is 1.65. The second kappa shape index (κ2) is 5.94. The standard InChI is InChI=1S/C13H21N2O6P/c1-8(2)20-22(17)18-6-11-10(21-22)4-12(19-11)15-5-9(3)13(16)14-7-15/h5,8,10-12H,4,6-7H2,1-3H3,(H,14,16)/t10-,11?,12+,22?/m0/s1. The van der Waals surface area contributed by atoms with Crippen LogP contribution >= 0.6 is 7.82 Å². The molecule has 0 aromatic carbocycles. The number of rotatable bonds is 3. The van der Waals surface area contributed by atoms with Gasteiger partial charge in [0.05, 0.1) is 19.4 Å². The first-order valence-corrected chi connectivity index (χ1v) is 8.81. The zero-order valence-electron chi connectivity index (χ0n) is 12.9. The van der Waals surface area contributed by atoms with Crippen LogP contribution in [0.3, 0.4) is 0 Å². The number of carbonyl (C=O) groups is 1. The Morgan fingerprint density at radius 3 is 2.91 bits per heavy atom. The van der Waals surface area contributed by atoms with Crippen LogP contribution in [0.5, 0.6) is 0 Å². The third-order valence-electron chi connectivity index (χ3n) is 3.69. The highest BCUT2D eigenvalue weighted by atomic mass is 31.2. The molecule has 0 spiro atoms. The normalized spacial score (nSPS) is 38.7. The molecular formula is C13H21N2O6P. The third-order valence-corrected chi connectivity index (χ3v) is 5.37. The molecule has 3 rings (SSSR count). The van der Waals surface area contributed by atoms with E-state index >= 15 is 0 Å². The van der Waals surface area contributed by atoms with E-state index < -0.39 is 7.82 Å². The minimum absolute atomic E-state index is 0.0823. The Morgan fingerprint density at radius 1 is 1.45 bits per heavy atom. The highest BCUT2D eigenvalue weighted by Gasteiger charge is 2.48. The molecule has 2 saturated heterocycles. The number of nitrogens with zero attached hydrogens (tertiary/aromatic N) is 1. The van der Waals surface area contributed by atoms with Crippen molar-refractivity contribution in [2.75, 3.05) is 13.3 Å². The van der Waals surface area contributed by atoms with Gasteiger partial charge in [0.25, 0.3) is 0 Å². The van der Waals surface area contributed by atoms with Crippen molar-refractivity contribution in [2.24, 2.45) is 0 Å².